The number of hydrogen-bond acceptors (Lipinski definition) is 4. The van der Waals surface area contributed by atoms with Crippen molar-refractivity contribution in [1.29, 1.82) is 0 Å². The summed E-state index contributed by atoms with van der Waals surface area (Å²) in [7, 11) is 0. The summed E-state index contributed by atoms with van der Waals surface area (Å²) >= 11 is 12.5. The highest BCUT2D eigenvalue weighted by Gasteiger charge is 2.54. The highest BCUT2D eigenvalue weighted by atomic mass is 35.5. The number of halogens is 2. The van der Waals surface area contributed by atoms with E-state index < -0.39 is 17.5 Å². The lowest BCUT2D eigenvalue weighted by molar-refractivity contribution is -0.184. The smallest absolute Gasteiger partial charge is 0.394 e. The Morgan fingerprint density at radius 3 is 2.17 bits per heavy atom. The van der Waals surface area contributed by atoms with Crippen LogP contribution < -0.4 is 9.47 Å². The minimum Gasteiger partial charge on any atom is -0.439 e. The number of nitrogens with zero attached hydrogens (tertiary/aromatic N) is 2. The number of rotatable bonds is 10. The third-order valence-electron chi connectivity index (χ3n) is 7.32. The summed E-state index contributed by atoms with van der Waals surface area (Å²) < 4.78 is 14.7. The molecule has 1 fully saturated rings. The van der Waals surface area contributed by atoms with Gasteiger partial charge in [0, 0.05) is 59.1 Å². The maximum Gasteiger partial charge on any atom is 0.394 e. The van der Waals surface area contributed by atoms with Crippen LogP contribution in [0, 0.1) is 0 Å². The van der Waals surface area contributed by atoms with E-state index in [1.807, 2.05) is 19.1 Å². The van der Waals surface area contributed by atoms with Gasteiger partial charge in [-0.2, -0.15) is 0 Å². The molecule has 0 aliphatic carbocycles. The van der Waals surface area contributed by atoms with Gasteiger partial charge in [0.15, 0.2) is 0 Å². The number of Topliss-reactive ketones (excluding diaryl/α,β-unsaturated/α-hetero) is 1. The summed E-state index contributed by atoms with van der Waals surface area (Å²) in [6, 6.07) is 21.6. The molecule has 1 aromatic heterocycles. The lowest BCUT2D eigenvalue weighted by Gasteiger charge is -2.35. The SMILES string of the molecule is CCCC(=O)C(Oc1cccc(Cl)c1)(Oc1cccc(Cl)c1)C(=O)N1CCC(c2cn(CC)c3ccccc23)C1. The van der Waals surface area contributed by atoms with E-state index in [-0.39, 0.29) is 23.8 Å². The van der Waals surface area contributed by atoms with Crippen LogP contribution in [-0.4, -0.2) is 40.0 Å². The summed E-state index contributed by atoms with van der Waals surface area (Å²) in [5.74, 6) is -2.61. The maximum absolute atomic E-state index is 14.4. The molecule has 1 aliphatic heterocycles. The first-order valence-corrected chi connectivity index (χ1v) is 14.4. The van der Waals surface area contributed by atoms with Crippen molar-refractivity contribution in [2.75, 3.05) is 13.1 Å². The van der Waals surface area contributed by atoms with Crippen LogP contribution in [0.25, 0.3) is 10.9 Å². The van der Waals surface area contributed by atoms with Gasteiger partial charge < -0.3 is 18.9 Å². The zero-order valence-corrected chi connectivity index (χ0v) is 24.1. The number of ketones is 1. The Bertz CT molecular complexity index is 1480. The molecule has 5 rings (SSSR count). The fourth-order valence-electron chi connectivity index (χ4n) is 5.39. The van der Waals surface area contributed by atoms with Gasteiger partial charge in [-0.15, -0.1) is 0 Å². The predicted octanol–water partition coefficient (Wildman–Crippen LogP) is 7.51. The van der Waals surface area contributed by atoms with Crippen molar-refractivity contribution in [2.24, 2.45) is 0 Å². The van der Waals surface area contributed by atoms with Crippen molar-refractivity contribution in [3.05, 3.63) is 94.6 Å². The normalized spacial score (nSPS) is 15.4. The lowest BCUT2D eigenvalue weighted by atomic mass is 9.98. The molecule has 1 unspecified atom stereocenters. The van der Waals surface area contributed by atoms with E-state index in [9.17, 15) is 9.59 Å². The van der Waals surface area contributed by atoms with Crippen LogP contribution in [0.4, 0.5) is 0 Å². The average Bonchev–Trinajstić information content (AvgIpc) is 3.57. The molecule has 8 heteroatoms. The standard InChI is InChI=1S/C32H32Cl2N2O4/c1-3-9-30(37)32(39-25-12-7-10-23(33)18-25,40-26-13-8-11-24(34)19-26)31(38)36-17-16-22(20-36)28-21-35(4-2)29-15-6-5-14-27(28)29/h5-8,10-15,18-19,21-22H,3-4,9,16-17,20H2,1-2H3. The maximum atomic E-state index is 14.4. The fraction of sp³-hybridized carbons (Fsp3) is 0.312. The number of likely N-dealkylation sites (tertiary alicyclic amines) is 1. The van der Waals surface area contributed by atoms with Crippen molar-refractivity contribution in [1.82, 2.24) is 9.47 Å². The van der Waals surface area contributed by atoms with Gasteiger partial charge in [-0.25, -0.2) is 0 Å². The summed E-state index contributed by atoms with van der Waals surface area (Å²) in [5.41, 5.74) is 2.37. The third kappa shape index (κ3) is 5.56. The van der Waals surface area contributed by atoms with E-state index in [0.717, 1.165) is 13.0 Å². The molecule has 1 aliphatic rings. The topological polar surface area (TPSA) is 60.8 Å². The van der Waals surface area contributed by atoms with Crippen LogP contribution in [0.15, 0.2) is 79.0 Å². The van der Waals surface area contributed by atoms with E-state index in [1.165, 1.54) is 16.5 Å². The number of carbonyl (C=O) groups excluding carboxylic acids is 2. The molecule has 0 N–H and O–H groups in total. The fourth-order valence-corrected chi connectivity index (χ4v) is 5.76. The Labute approximate surface area is 244 Å². The molecule has 2 heterocycles. The second-order valence-corrected chi connectivity index (χ2v) is 10.9. The minimum atomic E-state index is -2.24. The van der Waals surface area contributed by atoms with Crippen LogP contribution in [0.2, 0.25) is 10.0 Å². The Balaban J connectivity index is 1.53. The molecule has 6 nitrogen and oxygen atoms in total. The second kappa shape index (κ2) is 11.9. The van der Waals surface area contributed by atoms with Crippen molar-refractivity contribution >= 4 is 45.8 Å². The lowest BCUT2D eigenvalue weighted by Crippen LogP contribution is -2.61. The molecule has 0 saturated carbocycles. The molecular formula is C32H32Cl2N2O4. The van der Waals surface area contributed by atoms with Crippen LogP contribution in [0.1, 0.15) is 44.6 Å². The van der Waals surface area contributed by atoms with Gasteiger partial charge in [0.2, 0.25) is 5.78 Å². The van der Waals surface area contributed by atoms with Crippen LogP contribution in [0.5, 0.6) is 11.5 Å². The molecule has 1 amide bonds. The van der Waals surface area contributed by atoms with Gasteiger partial charge in [0.1, 0.15) is 11.5 Å². The number of fused-ring (bicyclic) bond motifs is 1. The van der Waals surface area contributed by atoms with E-state index in [0.29, 0.717) is 29.6 Å². The molecule has 1 atom stereocenters. The molecule has 0 spiro atoms. The van der Waals surface area contributed by atoms with E-state index in [1.54, 1.807) is 53.4 Å². The van der Waals surface area contributed by atoms with Crippen molar-refractivity contribution in [2.45, 2.75) is 51.4 Å². The summed E-state index contributed by atoms with van der Waals surface area (Å²) in [6.45, 7) is 5.76. The number of benzene rings is 3. The quantitative estimate of drug-likeness (QED) is 0.144. The number of hydrogen-bond donors (Lipinski definition) is 0. The summed E-state index contributed by atoms with van der Waals surface area (Å²) in [5, 5.41) is 2.01. The Hall–Kier alpha value is -3.48. The van der Waals surface area contributed by atoms with Gasteiger partial charge in [0.25, 0.3) is 0 Å². The van der Waals surface area contributed by atoms with Gasteiger partial charge in [-0.3, -0.25) is 9.59 Å². The minimum absolute atomic E-state index is 0.0914. The average molecular weight is 580 g/mol. The molecule has 40 heavy (non-hydrogen) atoms. The molecular weight excluding hydrogens is 547 g/mol. The van der Waals surface area contributed by atoms with Gasteiger partial charge in [-0.05, 0) is 67.8 Å². The monoisotopic (exact) mass is 578 g/mol. The number of amides is 1. The molecule has 0 bridgehead atoms. The van der Waals surface area contributed by atoms with Gasteiger partial charge in [0.05, 0.1) is 0 Å². The summed E-state index contributed by atoms with van der Waals surface area (Å²) in [4.78, 5) is 30.0. The Morgan fingerprint density at radius 1 is 0.925 bits per heavy atom. The van der Waals surface area contributed by atoms with E-state index >= 15 is 0 Å². The predicted molar refractivity (Wildman–Crippen MR) is 158 cm³/mol. The number of carbonyl (C=O) groups is 2. The third-order valence-corrected chi connectivity index (χ3v) is 7.79. The van der Waals surface area contributed by atoms with Gasteiger partial charge in [-0.1, -0.05) is 60.5 Å². The number of ether oxygens (including phenoxy) is 2. The van der Waals surface area contributed by atoms with Crippen LogP contribution in [0.3, 0.4) is 0 Å². The zero-order valence-electron chi connectivity index (χ0n) is 22.6. The van der Waals surface area contributed by atoms with Crippen LogP contribution in [-0.2, 0) is 16.1 Å². The highest BCUT2D eigenvalue weighted by Crippen LogP contribution is 2.37. The first kappa shape index (κ1) is 28.1. The highest BCUT2D eigenvalue weighted by molar-refractivity contribution is 6.31. The first-order chi connectivity index (χ1) is 19.3. The number of para-hydroxylation sites is 1. The second-order valence-electron chi connectivity index (χ2n) is 10.0. The molecule has 3 aromatic carbocycles. The molecule has 208 valence electrons. The zero-order chi connectivity index (χ0) is 28.3. The number of aryl methyl sites for hydroxylation is 1. The Morgan fingerprint density at radius 2 is 1.57 bits per heavy atom. The Kier molecular flexibility index (Phi) is 8.38. The molecule has 1 saturated heterocycles. The van der Waals surface area contributed by atoms with Gasteiger partial charge >= 0.3 is 11.7 Å². The van der Waals surface area contributed by atoms with Crippen molar-refractivity contribution < 1.29 is 19.1 Å². The molecule has 4 aromatic rings. The van der Waals surface area contributed by atoms with Crippen LogP contribution >= 0.6 is 23.2 Å². The number of aromatic nitrogens is 1. The summed E-state index contributed by atoms with van der Waals surface area (Å²) in [6.07, 6.45) is 3.55. The molecule has 0 radical (unpaired) electrons. The first-order valence-electron chi connectivity index (χ1n) is 13.6. The largest absolute Gasteiger partial charge is 0.439 e. The van der Waals surface area contributed by atoms with E-state index in [2.05, 4.69) is 29.8 Å². The van der Waals surface area contributed by atoms with Crippen molar-refractivity contribution in [3.8, 4) is 11.5 Å². The van der Waals surface area contributed by atoms with Crippen molar-refractivity contribution in [3.63, 3.8) is 0 Å². The van der Waals surface area contributed by atoms with E-state index in [4.69, 9.17) is 32.7 Å².